The highest BCUT2D eigenvalue weighted by molar-refractivity contribution is 8.26. The minimum absolute atomic E-state index is 0.223. The van der Waals surface area contributed by atoms with Crippen molar-refractivity contribution in [3.63, 3.8) is 0 Å². The Kier molecular flexibility index (Phi) is 5.04. The number of para-hydroxylation sites is 1. The van der Waals surface area contributed by atoms with Gasteiger partial charge in [-0.15, -0.1) is 0 Å². The lowest BCUT2D eigenvalue weighted by Gasteiger charge is -2.11. The van der Waals surface area contributed by atoms with Gasteiger partial charge < -0.3 is 14.6 Å². The summed E-state index contributed by atoms with van der Waals surface area (Å²) < 4.78 is 10.7. The number of carboxylic acids is 1. The van der Waals surface area contributed by atoms with E-state index in [0.717, 1.165) is 16.7 Å². The number of aliphatic carboxylic acids is 1. The third-order valence-corrected chi connectivity index (χ3v) is 4.26. The van der Waals surface area contributed by atoms with E-state index in [2.05, 4.69) is 0 Å². The summed E-state index contributed by atoms with van der Waals surface area (Å²) >= 11 is 6.11. The Bertz CT molecular complexity index is 671. The standard InChI is InChI=1S/C14H13NO5S2/c1-19-9-5-3-4-8(12(9)20-2)6-10-13(18)15(7-11(16)17)14(21)22-10/h3-6H,7H2,1-2H3,(H,16,17)/b10-6+. The first kappa shape index (κ1) is 16.3. The summed E-state index contributed by atoms with van der Waals surface area (Å²) in [6.07, 6.45) is 1.61. The fourth-order valence-corrected chi connectivity index (χ4v) is 3.18. The second kappa shape index (κ2) is 6.80. The van der Waals surface area contributed by atoms with Crippen LogP contribution in [-0.4, -0.2) is 47.0 Å². The quantitative estimate of drug-likeness (QED) is 0.649. The van der Waals surface area contributed by atoms with E-state index in [1.54, 1.807) is 24.3 Å². The van der Waals surface area contributed by atoms with Gasteiger partial charge in [-0.25, -0.2) is 0 Å². The molecule has 0 radical (unpaired) electrons. The van der Waals surface area contributed by atoms with Crippen LogP contribution in [0.1, 0.15) is 5.56 Å². The van der Waals surface area contributed by atoms with Crippen LogP contribution in [0, 0.1) is 0 Å². The van der Waals surface area contributed by atoms with Gasteiger partial charge in [0, 0.05) is 5.56 Å². The fraction of sp³-hybridized carbons (Fsp3) is 0.214. The molecule has 0 atom stereocenters. The van der Waals surface area contributed by atoms with Gasteiger partial charge in [0.2, 0.25) is 0 Å². The molecule has 22 heavy (non-hydrogen) atoms. The minimum atomic E-state index is -1.11. The molecule has 6 nitrogen and oxygen atoms in total. The van der Waals surface area contributed by atoms with Crippen LogP contribution in [0.5, 0.6) is 11.5 Å². The summed E-state index contributed by atoms with van der Waals surface area (Å²) in [5.41, 5.74) is 0.651. The lowest BCUT2D eigenvalue weighted by molar-refractivity contribution is -0.140. The average Bonchev–Trinajstić information content (AvgIpc) is 2.74. The van der Waals surface area contributed by atoms with Crippen molar-refractivity contribution < 1.29 is 24.2 Å². The summed E-state index contributed by atoms with van der Waals surface area (Å²) in [5.74, 6) is -0.510. The number of benzene rings is 1. The number of thiocarbonyl (C=S) groups is 1. The molecule has 1 amide bonds. The Morgan fingerprint density at radius 1 is 1.41 bits per heavy atom. The molecule has 1 aromatic carbocycles. The number of ether oxygens (including phenoxy) is 2. The molecule has 0 unspecified atom stereocenters. The number of rotatable bonds is 5. The third kappa shape index (κ3) is 3.23. The average molecular weight is 339 g/mol. The van der Waals surface area contributed by atoms with Crippen LogP contribution < -0.4 is 9.47 Å². The number of thioether (sulfide) groups is 1. The summed E-state index contributed by atoms with van der Waals surface area (Å²) in [7, 11) is 3.03. The zero-order valence-electron chi connectivity index (χ0n) is 11.9. The zero-order chi connectivity index (χ0) is 16.3. The van der Waals surface area contributed by atoms with Gasteiger partial charge in [0.05, 0.1) is 19.1 Å². The maximum atomic E-state index is 12.2. The van der Waals surface area contributed by atoms with E-state index in [9.17, 15) is 9.59 Å². The number of hydrogen-bond donors (Lipinski definition) is 1. The Hall–Kier alpha value is -2.06. The van der Waals surface area contributed by atoms with Crippen molar-refractivity contribution in [2.24, 2.45) is 0 Å². The van der Waals surface area contributed by atoms with Crippen LogP contribution in [0.25, 0.3) is 6.08 Å². The van der Waals surface area contributed by atoms with E-state index in [1.165, 1.54) is 14.2 Å². The number of amides is 1. The number of carbonyl (C=O) groups is 2. The topological polar surface area (TPSA) is 76.1 Å². The molecule has 0 saturated carbocycles. The molecule has 0 aromatic heterocycles. The highest BCUT2D eigenvalue weighted by Crippen LogP contribution is 2.37. The van der Waals surface area contributed by atoms with Crippen molar-refractivity contribution in [1.29, 1.82) is 0 Å². The summed E-state index contributed by atoms with van der Waals surface area (Å²) in [6.45, 7) is -0.447. The van der Waals surface area contributed by atoms with Crippen molar-refractivity contribution in [2.45, 2.75) is 0 Å². The molecule has 0 spiro atoms. The van der Waals surface area contributed by atoms with Crippen molar-refractivity contribution in [3.05, 3.63) is 28.7 Å². The molecule has 0 bridgehead atoms. The van der Waals surface area contributed by atoms with Crippen molar-refractivity contribution in [2.75, 3.05) is 20.8 Å². The van der Waals surface area contributed by atoms with Gasteiger partial charge in [-0.3, -0.25) is 14.5 Å². The van der Waals surface area contributed by atoms with Crippen LogP contribution in [0.4, 0.5) is 0 Å². The Balaban J connectivity index is 2.37. The van der Waals surface area contributed by atoms with Crippen LogP contribution in [0.2, 0.25) is 0 Å². The number of carboxylic acid groups (broad SMARTS) is 1. The van der Waals surface area contributed by atoms with Gasteiger partial charge in [-0.1, -0.05) is 36.1 Å². The Morgan fingerprint density at radius 3 is 2.73 bits per heavy atom. The monoisotopic (exact) mass is 339 g/mol. The Morgan fingerprint density at radius 2 is 2.14 bits per heavy atom. The molecule has 1 N–H and O–H groups in total. The fourth-order valence-electron chi connectivity index (χ4n) is 1.94. The smallest absolute Gasteiger partial charge is 0.323 e. The molecule has 1 saturated heterocycles. The molecule has 8 heteroatoms. The second-order valence-electron chi connectivity index (χ2n) is 4.24. The van der Waals surface area contributed by atoms with Gasteiger partial charge in [0.1, 0.15) is 10.9 Å². The number of carbonyl (C=O) groups excluding carboxylic acids is 1. The molecule has 1 fully saturated rings. The van der Waals surface area contributed by atoms with Crippen LogP contribution in [-0.2, 0) is 9.59 Å². The molecular weight excluding hydrogens is 326 g/mol. The van der Waals surface area contributed by atoms with Gasteiger partial charge in [-0.05, 0) is 12.1 Å². The first-order chi connectivity index (χ1) is 10.5. The summed E-state index contributed by atoms with van der Waals surface area (Å²) in [6, 6.07) is 5.28. The summed E-state index contributed by atoms with van der Waals surface area (Å²) in [4.78, 5) is 24.4. The molecular formula is C14H13NO5S2. The predicted molar refractivity (Wildman–Crippen MR) is 87.1 cm³/mol. The Labute approximate surface area is 136 Å². The van der Waals surface area contributed by atoms with Crippen molar-refractivity contribution in [3.8, 4) is 11.5 Å². The minimum Gasteiger partial charge on any atom is -0.493 e. The molecule has 1 aliphatic rings. The van der Waals surface area contributed by atoms with E-state index in [4.69, 9.17) is 26.8 Å². The third-order valence-electron chi connectivity index (χ3n) is 2.89. The lowest BCUT2D eigenvalue weighted by Crippen LogP contribution is -2.33. The summed E-state index contributed by atoms with van der Waals surface area (Å²) in [5, 5.41) is 8.82. The maximum Gasteiger partial charge on any atom is 0.323 e. The van der Waals surface area contributed by atoms with E-state index >= 15 is 0 Å². The molecule has 0 aliphatic carbocycles. The first-order valence-electron chi connectivity index (χ1n) is 6.16. The number of nitrogens with zero attached hydrogens (tertiary/aromatic N) is 1. The van der Waals surface area contributed by atoms with Crippen molar-refractivity contribution in [1.82, 2.24) is 4.90 Å². The largest absolute Gasteiger partial charge is 0.493 e. The van der Waals surface area contributed by atoms with E-state index in [0.29, 0.717) is 22.0 Å². The van der Waals surface area contributed by atoms with Gasteiger partial charge in [0.15, 0.2) is 11.5 Å². The molecule has 1 aromatic rings. The molecule has 116 valence electrons. The SMILES string of the molecule is COc1cccc(/C=C2/SC(=S)N(CC(=O)O)C2=O)c1OC. The lowest BCUT2D eigenvalue weighted by atomic mass is 10.1. The first-order valence-corrected chi connectivity index (χ1v) is 7.38. The van der Waals surface area contributed by atoms with Crippen LogP contribution >= 0.6 is 24.0 Å². The van der Waals surface area contributed by atoms with E-state index < -0.39 is 18.4 Å². The van der Waals surface area contributed by atoms with Crippen LogP contribution in [0.15, 0.2) is 23.1 Å². The van der Waals surface area contributed by atoms with Crippen LogP contribution in [0.3, 0.4) is 0 Å². The number of hydrogen-bond acceptors (Lipinski definition) is 6. The highest BCUT2D eigenvalue weighted by atomic mass is 32.2. The van der Waals surface area contributed by atoms with E-state index in [-0.39, 0.29) is 4.32 Å². The normalized spacial score (nSPS) is 16.3. The van der Waals surface area contributed by atoms with Gasteiger partial charge in [0.25, 0.3) is 5.91 Å². The molecule has 1 heterocycles. The predicted octanol–water partition coefficient (Wildman–Crippen LogP) is 1.99. The van der Waals surface area contributed by atoms with Crippen molar-refractivity contribution >= 4 is 46.3 Å². The zero-order valence-corrected chi connectivity index (χ0v) is 13.5. The maximum absolute atomic E-state index is 12.2. The number of methoxy groups -OCH3 is 2. The van der Waals surface area contributed by atoms with E-state index in [1.807, 2.05) is 0 Å². The molecule has 1 aliphatic heterocycles. The molecule has 2 rings (SSSR count). The highest BCUT2D eigenvalue weighted by Gasteiger charge is 2.33. The van der Waals surface area contributed by atoms with Gasteiger partial charge >= 0.3 is 5.97 Å². The van der Waals surface area contributed by atoms with Gasteiger partial charge in [-0.2, -0.15) is 0 Å². The second-order valence-corrected chi connectivity index (χ2v) is 5.92.